The van der Waals surface area contributed by atoms with E-state index < -0.39 is 0 Å². The molecule has 0 bridgehead atoms. The number of amides is 1. The minimum absolute atomic E-state index is 0.221. The van der Waals surface area contributed by atoms with Gasteiger partial charge in [-0.25, -0.2) is 0 Å². The summed E-state index contributed by atoms with van der Waals surface area (Å²) in [5.74, 6) is -0.221. The predicted octanol–water partition coefficient (Wildman–Crippen LogP) is 0.572. The number of hydrogen-bond donors (Lipinski definition) is 2. The molecule has 1 rings (SSSR count). The fourth-order valence-electron chi connectivity index (χ4n) is 1.97. The molecular weight excluding hydrogens is 202 g/mol. The minimum Gasteiger partial charge on any atom is -0.369 e. The van der Waals surface area contributed by atoms with Crippen LogP contribution in [-0.4, -0.2) is 43.0 Å². The van der Waals surface area contributed by atoms with Crippen molar-refractivity contribution in [1.82, 2.24) is 10.2 Å². The van der Waals surface area contributed by atoms with Crippen LogP contribution in [-0.2, 0) is 4.79 Å². The summed E-state index contributed by atoms with van der Waals surface area (Å²) in [7, 11) is 0. The Morgan fingerprint density at radius 2 is 1.94 bits per heavy atom. The lowest BCUT2D eigenvalue weighted by Gasteiger charge is -2.33. The van der Waals surface area contributed by atoms with Gasteiger partial charge < -0.3 is 11.1 Å². The van der Waals surface area contributed by atoms with Gasteiger partial charge >= 0.3 is 0 Å². The van der Waals surface area contributed by atoms with Crippen LogP contribution in [0.5, 0.6) is 0 Å². The standard InChI is InChI=1S/C12H25N3O/c1-12(2,3)9-14-10-4-6-15(7-5-10)8-11(13)16/h10,14H,4-9H2,1-3H3,(H2,13,16). The van der Waals surface area contributed by atoms with Gasteiger partial charge in [0.1, 0.15) is 0 Å². The molecule has 4 heteroatoms. The van der Waals surface area contributed by atoms with Crippen LogP contribution in [0.25, 0.3) is 0 Å². The number of rotatable bonds is 4. The summed E-state index contributed by atoms with van der Waals surface area (Å²) in [5.41, 5.74) is 5.52. The van der Waals surface area contributed by atoms with E-state index >= 15 is 0 Å². The second-order valence-corrected chi connectivity index (χ2v) is 5.96. The van der Waals surface area contributed by atoms with Gasteiger partial charge in [0.2, 0.25) is 5.91 Å². The van der Waals surface area contributed by atoms with E-state index in [0.29, 0.717) is 18.0 Å². The minimum atomic E-state index is -0.221. The second-order valence-electron chi connectivity index (χ2n) is 5.96. The zero-order valence-corrected chi connectivity index (χ0v) is 10.8. The molecule has 1 amide bonds. The van der Waals surface area contributed by atoms with Crippen LogP contribution in [0.4, 0.5) is 0 Å². The first-order chi connectivity index (χ1) is 7.37. The van der Waals surface area contributed by atoms with E-state index in [1.807, 2.05) is 0 Å². The van der Waals surface area contributed by atoms with E-state index in [1.54, 1.807) is 0 Å². The molecule has 0 saturated carbocycles. The molecule has 0 aromatic carbocycles. The molecule has 0 aliphatic carbocycles. The Morgan fingerprint density at radius 3 is 2.38 bits per heavy atom. The molecule has 1 saturated heterocycles. The molecule has 1 aliphatic rings. The quantitative estimate of drug-likeness (QED) is 0.738. The largest absolute Gasteiger partial charge is 0.369 e. The van der Waals surface area contributed by atoms with Crippen LogP contribution in [0.15, 0.2) is 0 Å². The van der Waals surface area contributed by atoms with Crippen molar-refractivity contribution in [3.05, 3.63) is 0 Å². The van der Waals surface area contributed by atoms with Gasteiger partial charge in [0, 0.05) is 25.7 Å². The number of hydrogen-bond acceptors (Lipinski definition) is 3. The van der Waals surface area contributed by atoms with E-state index in [0.717, 1.165) is 32.5 Å². The highest BCUT2D eigenvalue weighted by Gasteiger charge is 2.21. The molecule has 0 radical (unpaired) electrons. The predicted molar refractivity (Wildman–Crippen MR) is 66.1 cm³/mol. The molecule has 0 unspecified atom stereocenters. The van der Waals surface area contributed by atoms with E-state index in [2.05, 4.69) is 31.0 Å². The van der Waals surface area contributed by atoms with E-state index in [-0.39, 0.29) is 5.91 Å². The van der Waals surface area contributed by atoms with Gasteiger partial charge in [-0.1, -0.05) is 20.8 Å². The number of nitrogens with two attached hydrogens (primary N) is 1. The maximum absolute atomic E-state index is 10.8. The molecule has 1 fully saturated rings. The van der Waals surface area contributed by atoms with Crippen LogP contribution in [0.2, 0.25) is 0 Å². The molecule has 0 aromatic rings. The third-order valence-electron chi connectivity index (χ3n) is 2.89. The van der Waals surface area contributed by atoms with Gasteiger partial charge in [-0.2, -0.15) is 0 Å². The summed E-state index contributed by atoms with van der Waals surface area (Å²) < 4.78 is 0. The van der Waals surface area contributed by atoms with Gasteiger partial charge in [0.15, 0.2) is 0 Å². The summed E-state index contributed by atoms with van der Waals surface area (Å²) in [6.45, 7) is 10.1. The topological polar surface area (TPSA) is 58.4 Å². The smallest absolute Gasteiger partial charge is 0.231 e. The van der Waals surface area contributed by atoms with Gasteiger partial charge in [-0.15, -0.1) is 0 Å². The van der Waals surface area contributed by atoms with Crippen LogP contribution >= 0.6 is 0 Å². The van der Waals surface area contributed by atoms with Crippen LogP contribution in [0, 0.1) is 5.41 Å². The SMILES string of the molecule is CC(C)(C)CNC1CCN(CC(N)=O)CC1. The molecule has 1 aliphatic heterocycles. The summed E-state index contributed by atoms with van der Waals surface area (Å²) in [6.07, 6.45) is 2.23. The third-order valence-corrected chi connectivity index (χ3v) is 2.89. The van der Waals surface area contributed by atoms with Crippen molar-refractivity contribution >= 4 is 5.91 Å². The summed E-state index contributed by atoms with van der Waals surface area (Å²) in [5, 5.41) is 3.59. The first-order valence-electron chi connectivity index (χ1n) is 6.11. The van der Waals surface area contributed by atoms with Crippen molar-refractivity contribution in [2.24, 2.45) is 11.1 Å². The summed E-state index contributed by atoms with van der Waals surface area (Å²) in [6, 6.07) is 0.600. The van der Waals surface area contributed by atoms with Gasteiger partial charge in [0.25, 0.3) is 0 Å². The number of likely N-dealkylation sites (tertiary alicyclic amines) is 1. The summed E-state index contributed by atoms with van der Waals surface area (Å²) in [4.78, 5) is 12.9. The Morgan fingerprint density at radius 1 is 1.38 bits per heavy atom. The maximum atomic E-state index is 10.8. The number of piperidine rings is 1. The number of primary amides is 1. The molecular formula is C12H25N3O. The highest BCUT2D eigenvalue weighted by Crippen LogP contribution is 2.14. The second kappa shape index (κ2) is 5.64. The van der Waals surface area contributed by atoms with Crippen molar-refractivity contribution in [2.45, 2.75) is 39.7 Å². The molecule has 1 heterocycles. The lowest BCUT2D eigenvalue weighted by Crippen LogP contribution is -2.46. The molecule has 16 heavy (non-hydrogen) atoms. The van der Waals surface area contributed by atoms with E-state index in [1.165, 1.54) is 0 Å². The average Bonchev–Trinajstić information content (AvgIpc) is 2.14. The molecule has 3 N–H and O–H groups in total. The zero-order chi connectivity index (χ0) is 12.2. The summed E-state index contributed by atoms with van der Waals surface area (Å²) >= 11 is 0. The number of nitrogens with one attached hydrogen (secondary N) is 1. The number of carbonyl (C=O) groups excluding carboxylic acids is 1. The van der Waals surface area contributed by atoms with Crippen molar-refractivity contribution in [3.8, 4) is 0 Å². The lowest BCUT2D eigenvalue weighted by atomic mass is 9.95. The van der Waals surface area contributed by atoms with Crippen molar-refractivity contribution < 1.29 is 4.79 Å². The van der Waals surface area contributed by atoms with Crippen LogP contribution < -0.4 is 11.1 Å². The van der Waals surface area contributed by atoms with Crippen molar-refractivity contribution in [2.75, 3.05) is 26.2 Å². The fourth-order valence-corrected chi connectivity index (χ4v) is 1.97. The number of nitrogens with zero attached hydrogens (tertiary/aromatic N) is 1. The Labute approximate surface area is 98.6 Å². The number of carbonyl (C=O) groups is 1. The Kier molecular flexibility index (Phi) is 4.74. The third kappa shape index (κ3) is 5.47. The monoisotopic (exact) mass is 227 g/mol. The Hall–Kier alpha value is -0.610. The zero-order valence-electron chi connectivity index (χ0n) is 10.8. The first-order valence-corrected chi connectivity index (χ1v) is 6.11. The maximum Gasteiger partial charge on any atom is 0.231 e. The molecule has 4 nitrogen and oxygen atoms in total. The highest BCUT2D eigenvalue weighted by atomic mass is 16.1. The molecule has 0 spiro atoms. The lowest BCUT2D eigenvalue weighted by molar-refractivity contribution is -0.119. The highest BCUT2D eigenvalue weighted by molar-refractivity contribution is 5.75. The van der Waals surface area contributed by atoms with Crippen molar-refractivity contribution in [1.29, 1.82) is 0 Å². The van der Waals surface area contributed by atoms with E-state index in [4.69, 9.17) is 5.73 Å². The molecule has 94 valence electrons. The van der Waals surface area contributed by atoms with Crippen LogP contribution in [0.3, 0.4) is 0 Å². The van der Waals surface area contributed by atoms with Crippen molar-refractivity contribution in [3.63, 3.8) is 0 Å². The van der Waals surface area contributed by atoms with Crippen LogP contribution in [0.1, 0.15) is 33.6 Å². The van der Waals surface area contributed by atoms with Gasteiger partial charge in [-0.3, -0.25) is 9.69 Å². The van der Waals surface area contributed by atoms with Gasteiger partial charge in [-0.05, 0) is 18.3 Å². The fraction of sp³-hybridized carbons (Fsp3) is 0.917. The Bertz CT molecular complexity index is 227. The molecule has 0 aromatic heterocycles. The average molecular weight is 227 g/mol. The Balaban J connectivity index is 2.19. The first kappa shape index (κ1) is 13.5. The normalized spacial score (nSPS) is 19.9. The van der Waals surface area contributed by atoms with Gasteiger partial charge in [0.05, 0.1) is 6.54 Å². The molecule has 0 atom stereocenters. The van der Waals surface area contributed by atoms with E-state index in [9.17, 15) is 4.79 Å².